The largest absolute Gasteiger partial charge is 0.372 e. The Morgan fingerprint density at radius 3 is 2.48 bits per heavy atom. The van der Waals surface area contributed by atoms with Gasteiger partial charge in [-0.2, -0.15) is 10.1 Å². The van der Waals surface area contributed by atoms with Crippen LogP contribution in [0.15, 0.2) is 48.7 Å². The first-order valence-electron chi connectivity index (χ1n) is 10.2. The zero-order chi connectivity index (χ0) is 20.2. The Kier molecular flexibility index (Phi) is 5.60. The highest BCUT2D eigenvalue weighted by Gasteiger charge is 2.15. The Morgan fingerprint density at radius 2 is 1.72 bits per heavy atom. The molecule has 0 saturated carbocycles. The molecule has 1 aromatic heterocycles. The van der Waals surface area contributed by atoms with Gasteiger partial charge in [-0.05, 0) is 74.1 Å². The van der Waals surface area contributed by atoms with Crippen LogP contribution in [0.2, 0.25) is 0 Å². The van der Waals surface area contributed by atoms with Crippen LogP contribution in [0, 0.1) is 19.8 Å². The van der Waals surface area contributed by atoms with Crippen LogP contribution >= 0.6 is 0 Å². The molecule has 6 heteroatoms. The summed E-state index contributed by atoms with van der Waals surface area (Å²) < 4.78 is 0. The third-order valence-electron chi connectivity index (χ3n) is 5.49. The molecule has 2 aromatic carbocycles. The molecule has 1 aliphatic rings. The van der Waals surface area contributed by atoms with Gasteiger partial charge in [0.25, 0.3) is 0 Å². The van der Waals surface area contributed by atoms with Crippen LogP contribution in [0.25, 0.3) is 0 Å². The predicted molar refractivity (Wildman–Crippen MR) is 119 cm³/mol. The van der Waals surface area contributed by atoms with E-state index in [1.807, 2.05) is 0 Å². The highest BCUT2D eigenvalue weighted by atomic mass is 15.3. The van der Waals surface area contributed by atoms with Gasteiger partial charge in [-0.3, -0.25) is 0 Å². The number of hydrogen-bond acceptors (Lipinski definition) is 6. The van der Waals surface area contributed by atoms with Gasteiger partial charge in [0, 0.05) is 30.2 Å². The van der Waals surface area contributed by atoms with E-state index >= 15 is 0 Å². The molecule has 0 spiro atoms. The second kappa shape index (κ2) is 8.47. The van der Waals surface area contributed by atoms with Gasteiger partial charge in [0.05, 0.1) is 6.20 Å². The number of benzene rings is 2. The number of rotatable bonds is 5. The fourth-order valence-corrected chi connectivity index (χ4v) is 3.58. The van der Waals surface area contributed by atoms with Gasteiger partial charge in [-0.1, -0.05) is 19.1 Å². The van der Waals surface area contributed by atoms with Crippen molar-refractivity contribution in [3.8, 4) is 0 Å². The molecule has 0 unspecified atom stereocenters. The van der Waals surface area contributed by atoms with E-state index in [0.717, 1.165) is 35.9 Å². The molecular formula is C23H28N6. The normalized spacial score (nSPS) is 14.7. The molecule has 1 fully saturated rings. The minimum Gasteiger partial charge on any atom is -0.372 e. The van der Waals surface area contributed by atoms with Crippen molar-refractivity contribution in [2.24, 2.45) is 5.92 Å². The van der Waals surface area contributed by atoms with Crippen molar-refractivity contribution in [2.75, 3.05) is 28.6 Å². The maximum Gasteiger partial charge on any atom is 0.249 e. The lowest BCUT2D eigenvalue weighted by Gasteiger charge is -2.32. The Bertz CT molecular complexity index is 961. The maximum atomic E-state index is 4.55. The first-order chi connectivity index (χ1) is 14.1. The van der Waals surface area contributed by atoms with Crippen LogP contribution < -0.4 is 15.5 Å². The van der Waals surface area contributed by atoms with E-state index in [0.29, 0.717) is 11.8 Å². The van der Waals surface area contributed by atoms with Gasteiger partial charge >= 0.3 is 0 Å². The fraction of sp³-hybridized carbons (Fsp3) is 0.348. The van der Waals surface area contributed by atoms with Crippen LogP contribution in [-0.4, -0.2) is 28.3 Å². The molecule has 2 N–H and O–H groups in total. The summed E-state index contributed by atoms with van der Waals surface area (Å²) >= 11 is 0. The molecule has 1 aliphatic heterocycles. The van der Waals surface area contributed by atoms with E-state index in [-0.39, 0.29) is 0 Å². The van der Waals surface area contributed by atoms with E-state index in [1.54, 1.807) is 6.20 Å². The van der Waals surface area contributed by atoms with E-state index in [2.05, 4.69) is 94.0 Å². The van der Waals surface area contributed by atoms with Crippen molar-refractivity contribution in [1.82, 2.24) is 15.2 Å². The minimum atomic E-state index is 0.472. The van der Waals surface area contributed by atoms with Gasteiger partial charge < -0.3 is 15.5 Å². The van der Waals surface area contributed by atoms with Gasteiger partial charge in [0.2, 0.25) is 5.95 Å². The lowest BCUT2D eigenvalue weighted by Crippen LogP contribution is -2.32. The molecule has 4 rings (SSSR count). The Morgan fingerprint density at radius 1 is 0.966 bits per heavy atom. The summed E-state index contributed by atoms with van der Waals surface area (Å²) in [4.78, 5) is 7.00. The Hall–Kier alpha value is -3.15. The van der Waals surface area contributed by atoms with Gasteiger partial charge in [0.15, 0.2) is 5.82 Å². The quantitative estimate of drug-likeness (QED) is 0.625. The van der Waals surface area contributed by atoms with Crippen molar-refractivity contribution >= 4 is 28.8 Å². The second-order valence-electron chi connectivity index (χ2n) is 7.95. The van der Waals surface area contributed by atoms with Crippen molar-refractivity contribution in [3.63, 3.8) is 0 Å². The van der Waals surface area contributed by atoms with Crippen molar-refractivity contribution in [3.05, 3.63) is 59.8 Å². The van der Waals surface area contributed by atoms with Gasteiger partial charge in [0.1, 0.15) is 0 Å². The summed E-state index contributed by atoms with van der Waals surface area (Å²) in [6, 6.07) is 14.7. The zero-order valence-corrected chi connectivity index (χ0v) is 17.3. The number of nitrogens with zero attached hydrogens (tertiary/aromatic N) is 4. The lowest BCUT2D eigenvalue weighted by molar-refractivity contribution is 0.438. The number of hydrogen-bond donors (Lipinski definition) is 2. The molecule has 0 aliphatic carbocycles. The molecule has 6 nitrogen and oxygen atoms in total. The average Bonchev–Trinajstić information content (AvgIpc) is 2.72. The highest BCUT2D eigenvalue weighted by Crippen LogP contribution is 2.25. The standard InChI is InChI=1S/C23H28N6/c1-16-10-12-29(13-11-16)20-8-6-19(7-9-20)25-23-27-22(15-24-28-23)26-21-14-17(2)4-5-18(21)3/h4-9,14-16H,10-13H2,1-3H3,(H2,25,26,27,28). The SMILES string of the molecule is Cc1ccc(C)c(Nc2cnnc(Nc3ccc(N4CCC(C)CC4)cc3)n2)c1. The van der Waals surface area contributed by atoms with Crippen molar-refractivity contribution < 1.29 is 0 Å². The molecular weight excluding hydrogens is 360 g/mol. The summed E-state index contributed by atoms with van der Waals surface area (Å²) in [5.74, 6) is 1.97. The molecule has 3 aromatic rings. The van der Waals surface area contributed by atoms with Gasteiger partial charge in [-0.15, -0.1) is 5.10 Å². The minimum absolute atomic E-state index is 0.472. The molecule has 0 radical (unpaired) electrons. The summed E-state index contributed by atoms with van der Waals surface area (Å²) in [6.45, 7) is 8.74. The first-order valence-corrected chi connectivity index (χ1v) is 10.2. The summed E-state index contributed by atoms with van der Waals surface area (Å²) in [6.07, 6.45) is 4.16. The molecule has 150 valence electrons. The molecule has 29 heavy (non-hydrogen) atoms. The van der Waals surface area contributed by atoms with Crippen LogP contribution in [0.3, 0.4) is 0 Å². The number of anilines is 5. The van der Waals surface area contributed by atoms with Gasteiger partial charge in [-0.25, -0.2) is 0 Å². The average molecular weight is 389 g/mol. The molecule has 0 atom stereocenters. The predicted octanol–water partition coefficient (Wildman–Crippen LogP) is 5.21. The topological polar surface area (TPSA) is 66.0 Å². The van der Waals surface area contributed by atoms with Crippen LogP contribution in [-0.2, 0) is 0 Å². The van der Waals surface area contributed by atoms with Crippen molar-refractivity contribution in [2.45, 2.75) is 33.6 Å². The highest BCUT2D eigenvalue weighted by molar-refractivity contribution is 5.63. The number of aryl methyl sites for hydroxylation is 2. The number of aromatic nitrogens is 3. The number of nitrogens with one attached hydrogen (secondary N) is 2. The molecule has 0 bridgehead atoms. The molecule has 1 saturated heterocycles. The van der Waals surface area contributed by atoms with Crippen LogP contribution in [0.5, 0.6) is 0 Å². The smallest absolute Gasteiger partial charge is 0.249 e. The third kappa shape index (κ3) is 4.83. The summed E-state index contributed by atoms with van der Waals surface area (Å²) in [7, 11) is 0. The monoisotopic (exact) mass is 388 g/mol. The zero-order valence-electron chi connectivity index (χ0n) is 17.3. The Balaban J connectivity index is 1.43. The van der Waals surface area contributed by atoms with Crippen LogP contribution in [0.4, 0.5) is 28.8 Å². The number of piperidine rings is 1. The van der Waals surface area contributed by atoms with Crippen molar-refractivity contribution in [1.29, 1.82) is 0 Å². The molecule has 0 amide bonds. The second-order valence-corrected chi connectivity index (χ2v) is 7.95. The summed E-state index contributed by atoms with van der Waals surface area (Å²) in [5, 5.41) is 14.8. The van der Waals surface area contributed by atoms with E-state index in [1.165, 1.54) is 24.1 Å². The fourth-order valence-electron chi connectivity index (χ4n) is 3.58. The summed E-state index contributed by atoms with van der Waals surface area (Å²) in [5.41, 5.74) is 5.60. The Labute approximate surface area is 172 Å². The van der Waals surface area contributed by atoms with E-state index < -0.39 is 0 Å². The lowest BCUT2D eigenvalue weighted by atomic mass is 9.99. The molecule has 2 heterocycles. The first kappa shape index (κ1) is 19.2. The van der Waals surface area contributed by atoms with E-state index in [9.17, 15) is 0 Å². The maximum absolute atomic E-state index is 4.55. The van der Waals surface area contributed by atoms with E-state index in [4.69, 9.17) is 0 Å². The van der Waals surface area contributed by atoms with Crippen LogP contribution in [0.1, 0.15) is 30.9 Å². The third-order valence-corrected chi connectivity index (χ3v) is 5.49.